The number of rotatable bonds is 7. The molecule has 1 aliphatic rings. The largest absolute Gasteiger partial charge is 0.485 e. The fourth-order valence-electron chi connectivity index (χ4n) is 2.58. The number of hydrogen-bond acceptors (Lipinski definition) is 5. The molecular weight excluding hydrogens is 473 g/mol. The molecule has 0 amide bonds. The lowest BCUT2D eigenvalue weighted by Gasteiger charge is -2.16. The van der Waals surface area contributed by atoms with E-state index in [1.165, 1.54) is 0 Å². The molecule has 1 unspecified atom stereocenters. The quantitative estimate of drug-likeness (QED) is 0.250. The van der Waals surface area contributed by atoms with Crippen molar-refractivity contribution in [3.05, 3.63) is 14.9 Å². The van der Waals surface area contributed by atoms with Crippen LogP contribution < -0.4 is 4.74 Å². The molecular formula is C16H23ClIN3O3Si. The highest BCUT2D eigenvalue weighted by Crippen LogP contribution is 2.32. The van der Waals surface area contributed by atoms with Crippen LogP contribution in [0.1, 0.15) is 6.42 Å². The maximum Gasteiger partial charge on any atom is 0.150 e. The number of hydrogen-bond donors (Lipinski definition) is 0. The smallest absolute Gasteiger partial charge is 0.150 e. The Bertz CT molecular complexity index is 744. The Labute approximate surface area is 167 Å². The lowest BCUT2D eigenvalue weighted by Crippen LogP contribution is -2.22. The lowest BCUT2D eigenvalue weighted by atomic mass is 10.3. The standard InChI is InChI=1S/C16H23ClIN3O3Si/c1-25(2,3)7-6-23-10-21-15-12(24-11-4-5-22-9-11)8-13(17)19-14(15)16(18)20-21/h8,11H,4-7,9-10H2,1-3H3. The average molecular weight is 496 g/mol. The minimum absolute atomic E-state index is 0.0375. The van der Waals surface area contributed by atoms with E-state index in [1.807, 2.05) is 4.68 Å². The second-order valence-corrected chi connectivity index (χ2v) is 14.4. The molecule has 1 atom stereocenters. The summed E-state index contributed by atoms with van der Waals surface area (Å²) in [6.45, 7) is 9.45. The van der Waals surface area contributed by atoms with Crippen molar-refractivity contribution in [3.8, 4) is 5.75 Å². The second-order valence-electron chi connectivity index (χ2n) is 7.38. The molecule has 0 bridgehead atoms. The van der Waals surface area contributed by atoms with Crippen molar-refractivity contribution < 1.29 is 14.2 Å². The minimum Gasteiger partial charge on any atom is -0.485 e. The van der Waals surface area contributed by atoms with Gasteiger partial charge in [0.25, 0.3) is 0 Å². The van der Waals surface area contributed by atoms with Crippen molar-refractivity contribution in [1.82, 2.24) is 14.8 Å². The van der Waals surface area contributed by atoms with Gasteiger partial charge in [-0.25, -0.2) is 9.67 Å². The predicted molar refractivity (Wildman–Crippen MR) is 109 cm³/mol. The van der Waals surface area contributed by atoms with E-state index in [0.29, 0.717) is 24.2 Å². The van der Waals surface area contributed by atoms with Gasteiger partial charge in [0.05, 0.1) is 13.2 Å². The molecule has 0 aromatic carbocycles. The third kappa shape index (κ3) is 5.06. The molecule has 9 heteroatoms. The van der Waals surface area contributed by atoms with E-state index >= 15 is 0 Å². The lowest BCUT2D eigenvalue weighted by molar-refractivity contribution is 0.0806. The number of halogens is 2. The van der Waals surface area contributed by atoms with Crippen molar-refractivity contribution >= 4 is 53.3 Å². The van der Waals surface area contributed by atoms with E-state index in [1.54, 1.807) is 6.07 Å². The molecule has 0 spiro atoms. The van der Waals surface area contributed by atoms with Crippen LogP contribution in [0.5, 0.6) is 5.75 Å². The van der Waals surface area contributed by atoms with Crippen LogP contribution in [-0.2, 0) is 16.2 Å². The minimum atomic E-state index is -1.11. The zero-order valence-electron chi connectivity index (χ0n) is 14.7. The molecule has 25 heavy (non-hydrogen) atoms. The normalized spacial score (nSPS) is 18.2. The summed E-state index contributed by atoms with van der Waals surface area (Å²) < 4.78 is 20.0. The Kier molecular flexibility index (Phi) is 6.25. The highest BCUT2D eigenvalue weighted by Gasteiger charge is 2.22. The fourth-order valence-corrected chi connectivity index (χ4v) is 4.16. The van der Waals surface area contributed by atoms with E-state index < -0.39 is 8.07 Å². The molecule has 0 saturated carbocycles. The summed E-state index contributed by atoms with van der Waals surface area (Å²) in [6, 6.07) is 2.87. The number of ether oxygens (including phenoxy) is 3. The highest BCUT2D eigenvalue weighted by molar-refractivity contribution is 14.1. The first-order chi connectivity index (χ1) is 11.8. The zero-order valence-corrected chi connectivity index (χ0v) is 18.6. The summed E-state index contributed by atoms with van der Waals surface area (Å²) in [5.41, 5.74) is 1.57. The molecule has 138 valence electrons. The summed E-state index contributed by atoms with van der Waals surface area (Å²) in [5.74, 6) is 0.690. The van der Waals surface area contributed by atoms with Crippen molar-refractivity contribution in [2.45, 2.75) is 44.9 Å². The van der Waals surface area contributed by atoms with Crippen molar-refractivity contribution in [3.63, 3.8) is 0 Å². The van der Waals surface area contributed by atoms with Crippen molar-refractivity contribution in [2.24, 2.45) is 0 Å². The van der Waals surface area contributed by atoms with Gasteiger partial charge in [0, 0.05) is 27.2 Å². The maximum atomic E-state index is 6.18. The highest BCUT2D eigenvalue weighted by atomic mass is 127. The van der Waals surface area contributed by atoms with Crippen molar-refractivity contribution in [1.29, 1.82) is 0 Å². The van der Waals surface area contributed by atoms with Gasteiger partial charge >= 0.3 is 0 Å². The van der Waals surface area contributed by atoms with Gasteiger partial charge < -0.3 is 14.2 Å². The van der Waals surface area contributed by atoms with Crippen LogP contribution in [0.4, 0.5) is 0 Å². The molecule has 6 nitrogen and oxygen atoms in total. The summed E-state index contributed by atoms with van der Waals surface area (Å²) in [5, 5.41) is 4.96. The van der Waals surface area contributed by atoms with Gasteiger partial charge in [0.1, 0.15) is 32.7 Å². The maximum absolute atomic E-state index is 6.18. The van der Waals surface area contributed by atoms with E-state index in [9.17, 15) is 0 Å². The number of pyridine rings is 1. The SMILES string of the molecule is C[Si](C)(C)CCOCn1nc(I)c2nc(Cl)cc(OC3CCOC3)c21. The van der Waals surface area contributed by atoms with Gasteiger partial charge in [0.15, 0.2) is 5.75 Å². The van der Waals surface area contributed by atoms with Crippen LogP contribution in [0, 0.1) is 3.70 Å². The Morgan fingerprint density at radius 3 is 2.92 bits per heavy atom. The molecule has 1 saturated heterocycles. The first-order valence-corrected chi connectivity index (χ1v) is 13.5. The van der Waals surface area contributed by atoms with E-state index in [0.717, 1.165) is 40.4 Å². The number of nitrogens with zero attached hydrogens (tertiary/aromatic N) is 3. The first kappa shape index (κ1) is 19.3. The third-order valence-corrected chi connectivity index (χ3v) is 6.60. The molecule has 0 aliphatic carbocycles. The molecule has 0 radical (unpaired) electrons. The second kappa shape index (κ2) is 8.08. The van der Waals surface area contributed by atoms with Crippen LogP contribution in [0.3, 0.4) is 0 Å². The Morgan fingerprint density at radius 2 is 2.24 bits per heavy atom. The van der Waals surface area contributed by atoms with Gasteiger partial charge in [-0.15, -0.1) is 0 Å². The van der Waals surface area contributed by atoms with E-state index in [-0.39, 0.29) is 6.10 Å². The number of fused-ring (bicyclic) bond motifs is 1. The topological polar surface area (TPSA) is 58.4 Å². The molecule has 2 aromatic rings. The van der Waals surface area contributed by atoms with Gasteiger partial charge in [-0.3, -0.25) is 0 Å². The van der Waals surface area contributed by atoms with Gasteiger partial charge in [-0.05, 0) is 28.6 Å². The summed E-state index contributed by atoms with van der Waals surface area (Å²) in [4.78, 5) is 4.41. The third-order valence-electron chi connectivity index (χ3n) is 3.98. The van der Waals surface area contributed by atoms with Gasteiger partial charge in [-0.1, -0.05) is 31.2 Å². The average Bonchev–Trinajstić information content (AvgIpc) is 3.12. The van der Waals surface area contributed by atoms with Crippen LogP contribution >= 0.6 is 34.2 Å². The zero-order chi connectivity index (χ0) is 18.0. The predicted octanol–water partition coefficient (Wildman–Crippen LogP) is 4.17. The Hall–Kier alpha value is -0.423. The monoisotopic (exact) mass is 495 g/mol. The van der Waals surface area contributed by atoms with Crippen LogP contribution in [0.15, 0.2) is 6.07 Å². The van der Waals surface area contributed by atoms with Crippen LogP contribution in [0.25, 0.3) is 11.0 Å². The van der Waals surface area contributed by atoms with Crippen LogP contribution in [0.2, 0.25) is 30.8 Å². The molecule has 0 N–H and O–H groups in total. The van der Waals surface area contributed by atoms with Crippen molar-refractivity contribution in [2.75, 3.05) is 19.8 Å². The molecule has 2 aromatic heterocycles. The number of aromatic nitrogens is 3. The molecule has 3 heterocycles. The first-order valence-electron chi connectivity index (χ1n) is 8.38. The summed E-state index contributed by atoms with van der Waals surface area (Å²) in [6.07, 6.45) is 0.912. The van der Waals surface area contributed by atoms with Gasteiger partial charge in [0.2, 0.25) is 0 Å². The van der Waals surface area contributed by atoms with E-state index in [2.05, 4.69) is 52.3 Å². The summed E-state index contributed by atoms with van der Waals surface area (Å²) in [7, 11) is -1.11. The van der Waals surface area contributed by atoms with Crippen LogP contribution in [-0.4, -0.2) is 48.8 Å². The fraction of sp³-hybridized carbons (Fsp3) is 0.625. The summed E-state index contributed by atoms with van der Waals surface area (Å²) >= 11 is 8.35. The van der Waals surface area contributed by atoms with Gasteiger partial charge in [-0.2, -0.15) is 5.10 Å². The van der Waals surface area contributed by atoms with E-state index in [4.69, 9.17) is 25.8 Å². The molecule has 1 fully saturated rings. The Balaban J connectivity index is 1.82. The Morgan fingerprint density at radius 1 is 1.44 bits per heavy atom. The molecule has 1 aliphatic heterocycles. The molecule has 3 rings (SSSR count).